The van der Waals surface area contributed by atoms with E-state index in [0.717, 1.165) is 6.04 Å². The fourth-order valence-electron chi connectivity index (χ4n) is 3.85. The van der Waals surface area contributed by atoms with Crippen molar-refractivity contribution >= 4 is 0 Å². The van der Waals surface area contributed by atoms with Gasteiger partial charge < -0.3 is 10.2 Å². The summed E-state index contributed by atoms with van der Waals surface area (Å²) in [5, 5.41) is 3.79. The van der Waals surface area contributed by atoms with Crippen LogP contribution in [0.3, 0.4) is 0 Å². The number of hydrogen-bond acceptors (Lipinski definition) is 2. The standard InChI is InChI=1S/C16H34N2/c1-15(2)11-14(12-16(3,4)13-15)17-9-7-8-10-18(5)6/h14,17H,7-13H2,1-6H3. The van der Waals surface area contributed by atoms with E-state index < -0.39 is 0 Å². The Morgan fingerprint density at radius 1 is 1.00 bits per heavy atom. The second kappa shape index (κ2) is 6.38. The van der Waals surface area contributed by atoms with E-state index in [1.54, 1.807) is 0 Å². The molecule has 0 amide bonds. The third-order valence-electron chi connectivity index (χ3n) is 4.02. The van der Waals surface area contributed by atoms with Crippen LogP contribution in [0.15, 0.2) is 0 Å². The molecule has 108 valence electrons. The van der Waals surface area contributed by atoms with Crippen molar-refractivity contribution in [2.75, 3.05) is 27.2 Å². The molecule has 1 fully saturated rings. The minimum absolute atomic E-state index is 0.503. The van der Waals surface area contributed by atoms with Gasteiger partial charge >= 0.3 is 0 Å². The first kappa shape index (κ1) is 16.0. The van der Waals surface area contributed by atoms with Gasteiger partial charge in [-0.3, -0.25) is 0 Å². The van der Waals surface area contributed by atoms with Gasteiger partial charge in [0.15, 0.2) is 0 Å². The number of nitrogens with one attached hydrogen (secondary N) is 1. The average Bonchev–Trinajstić information content (AvgIpc) is 2.11. The first-order valence-corrected chi connectivity index (χ1v) is 7.58. The average molecular weight is 254 g/mol. The Hall–Kier alpha value is -0.0800. The van der Waals surface area contributed by atoms with Crippen LogP contribution in [0, 0.1) is 10.8 Å². The van der Waals surface area contributed by atoms with Gasteiger partial charge in [0.05, 0.1) is 0 Å². The zero-order chi connectivity index (χ0) is 13.8. The summed E-state index contributed by atoms with van der Waals surface area (Å²) in [5.74, 6) is 0. The molecule has 0 aliphatic heterocycles. The zero-order valence-corrected chi connectivity index (χ0v) is 13.5. The Morgan fingerprint density at radius 3 is 2.06 bits per heavy atom. The summed E-state index contributed by atoms with van der Waals surface area (Å²) in [7, 11) is 4.30. The topological polar surface area (TPSA) is 15.3 Å². The molecular formula is C16H34N2. The lowest BCUT2D eigenvalue weighted by Crippen LogP contribution is -2.44. The maximum absolute atomic E-state index is 3.79. The summed E-state index contributed by atoms with van der Waals surface area (Å²) >= 11 is 0. The number of unbranched alkanes of at least 4 members (excludes halogenated alkanes) is 1. The predicted molar refractivity (Wildman–Crippen MR) is 81.0 cm³/mol. The Labute approximate surface area is 115 Å². The van der Waals surface area contributed by atoms with Gasteiger partial charge in [-0.1, -0.05) is 27.7 Å². The second-order valence-electron chi connectivity index (χ2n) is 8.07. The Balaban J connectivity index is 2.25. The van der Waals surface area contributed by atoms with Crippen LogP contribution in [0.1, 0.15) is 59.8 Å². The van der Waals surface area contributed by atoms with Crippen molar-refractivity contribution in [1.29, 1.82) is 0 Å². The van der Waals surface area contributed by atoms with E-state index in [9.17, 15) is 0 Å². The van der Waals surface area contributed by atoms with E-state index in [1.807, 2.05) is 0 Å². The van der Waals surface area contributed by atoms with E-state index >= 15 is 0 Å². The molecule has 1 aliphatic carbocycles. The molecule has 0 aromatic rings. The molecule has 0 unspecified atom stereocenters. The van der Waals surface area contributed by atoms with E-state index in [4.69, 9.17) is 0 Å². The van der Waals surface area contributed by atoms with Crippen LogP contribution >= 0.6 is 0 Å². The quantitative estimate of drug-likeness (QED) is 0.730. The molecule has 0 bridgehead atoms. The van der Waals surface area contributed by atoms with Gasteiger partial charge in [-0.25, -0.2) is 0 Å². The van der Waals surface area contributed by atoms with E-state index in [2.05, 4.69) is 52.0 Å². The molecule has 0 spiro atoms. The van der Waals surface area contributed by atoms with Crippen molar-refractivity contribution in [2.45, 2.75) is 65.8 Å². The summed E-state index contributed by atoms with van der Waals surface area (Å²) in [6, 6.07) is 0.725. The van der Waals surface area contributed by atoms with Gasteiger partial charge in [0.25, 0.3) is 0 Å². The van der Waals surface area contributed by atoms with E-state index in [0.29, 0.717) is 10.8 Å². The molecule has 1 aliphatic rings. The van der Waals surface area contributed by atoms with Crippen LogP contribution < -0.4 is 5.32 Å². The molecule has 2 nitrogen and oxygen atoms in total. The lowest BCUT2D eigenvalue weighted by molar-refractivity contribution is 0.0850. The minimum atomic E-state index is 0.503. The molecule has 0 radical (unpaired) electrons. The van der Waals surface area contributed by atoms with Crippen molar-refractivity contribution in [3.8, 4) is 0 Å². The highest BCUT2D eigenvalue weighted by Gasteiger charge is 2.37. The number of rotatable bonds is 6. The van der Waals surface area contributed by atoms with Crippen LogP contribution in [0.25, 0.3) is 0 Å². The second-order valence-corrected chi connectivity index (χ2v) is 8.07. The Morgan fingerprint density at radius 2 is 1.56 bits per heavy atom. The smallest absolute Gasteiger partial charge is 0.00772 e. The van der Waals surface area contributed by atoms with Crippen LogP contribution in [-0.4, -0.2) is 38.1 Å². The SMILES string of the molecule is CN(C)CCCCNC1CC(C)(C)CC(C)(C)C1. The number of nitrogens with zero attached hydrogens (tertiary/aromatic N) is 1. The fraction of sp³-hybridized carbons (Fsp3) is 1.00. The molecule has 1 saturated carbocycles. The van der Waals surface area contributed by atoms with Gasteiger partial charge in [0.1, 0.15) is 0 Å². The predicted octanol–water partition coefficient (Wildman–Crippen LogP) is 3.52. The van der Waals surface area contributed by atoms with E-state index in [-0.39, 0.29) is 0 Å². The molecule has 1 N–H and O–H groups in total. The van der Waals surface area contributed by atoms with Gasteiger partial charge in [-0.05, 0) is 70.1 Å². The zero-order valence-electron chi connectivity index (χ0n) is 13.5. The minimum Gasteiger partial charge on any atom is -0.314 e. The molecule has 1 rings (SSSR count). The molecule has 0 heterocycles. The summed E-state index contributed by atoms with van der Waals surface area (Å²) in [6.07, 6.45) is 6.64. The highest BCUT2D eigenvalue weighted by Crippen LogP contribution is 2.45. The Bertz CT molecular complexity index is 227. The number of hydrogen-bond donors (Lipinski definition) is 1. The van der Waals surface area contributed by atoms with Crippen molar-refractivity contribution in [2.24, 2.45) is 10.8 Å². The molecule has 0 saturated heterocycles. The fourth-order valence-corrected chi connectivity index (χ4v) is 3.85. The van der Waals surface area contributed by atoms with Crippen molar-refractivity contribution in [3.05, 3.63) is 0 Å². The molecule has 2 heteroatoms. The van der Waals surface area contributed by atoms with Crippen LogP contribution in [-0.2, 0) is 0 Å². The Kier molecular flexibility index (Phi) is 5.67. The maximum Gasteiger partial charge on any atom is 0.00772 e. The van der Waals surface area contributed by atoms with E-state index in [1.165, 1.54) is 45.2 Å². The summed E-state index contributed by atoms with van der Waals surface area (Å²) < 4.78 is 0. The summed E-state index contributed by atoms with van der Waals surface area (Å²) in [4.78, 5) is 2.27. The van der Waals surface area contributed by atoms with Gasteiger partial charge in [-0.2, -0.15) is 0 Å². The summed E-state index contributed by atoms with van der Waals surface area (Å²) in [5.41, 5.74) is 1.01. The van der Waals surface area contributed by atoms with Gasteiger partial charge in [-0.15, -0.1) is 0 Å². The highest BCUT2D eigenvalue weighted by atomic mass is 15.0. The lowest BCUT2D eigenvalue weighted by Gasteiger charge is -2.45. The normalized spacial score (nSPS) is 23.5. The van der Waals surface area contributed by atoms with Crippen LogP contribution in [0.5, 0.6) is 0 Å². The third kappa shape index (κ3) is 6.19. The molecule has 0 aromatic carbocycles. The van der Waals surface area contributed by atoms with Gasteiger partial charge in [0.2, 0.25) is 0 Å². The maximum atomic E-state index is 3.79. The first-order valence-electron chi connectivity index (χ1n) is 7.58. The van der Waals surface area contributed by atoms with Crippen molar-refractivity contribution < 1.29 is 0 Å². The third-order valence-corrected chi connectivity index (χ3v) is 4.02. The van der Waals surface area contributed by atoms with Crippen LogP contribution in [0.4, 0.5) is 0 Å². The monoisotopic (exact) mass is 254 g/mol. The largest absolute Gasteiger partial charge is 0.314 e. The van der Waals surface area contributed by atoms with Gasteiger partial charge in [0, 0.05) is 6.04 Å². The highest BCUT2D eigenvalue weighted by molar-refractivity contribution is 4.92. The summed E-state index contributed by atoms with van der Waals surface area (Å²) in [6.45, 7) is 12.1. The molecule has 0 aromatic heterocycles. The lowest BCUT2D eigenvalue weighted by atomic mass is 9.63. The van der Waals surface area contributed by atoms with Crippen LogP contribution in [0.2, 0.25) is 0 Å². The molecular weight excluding hydrogens is 220 g/mol. The first-order chi connectivity index (χ1) is 8.20. The van der Waals surface area contributed by atoms with Crippen molar-refractivity contribution in [3.63, 3.8) is 0 Å². The molecule has 0 atom stereocenters. The molecule has 18 heavy (non-hydrogen) atoms. The van der Waals surface area contributed by atoms with Crippen molar-refractivity contribution in [1.82, 2.24) is 10.2 Å².